The molecule has 4 nitrogen and oxygen atoms in total. The summed E-state index contributed by atoms with van der Waals surface area (Å²) in [6.45, 7) is 3.90. The van der Waals surface area contributed by atoms with E-state index in [0.29, 0.717) is 16.7 Å². The molecule has 0 atom stereocenters. The van der Waals surface area contributed by atoms with Crippen molar-refractivity contribution in [2.75, 3.05) is 0 Å². The van der Waals surface area contributed by atoms with Gasteiger partial charge in [0.1, 0.15) is 10.5 Å². The molecule has 140 valence electrons. The van der Waals surface area contributed by atoms with E-state index in [1.807, 2.05) is 56.3 Å². The van der Waals surface area contributed by atoms with Crippen molar-refractivity contribution in [2.24, 2.45) is 4.99 Å². The molecule has 0 amide bonds. The summed E-state index contributed by atoms with van der Waals surface area (Å²) in [6.07, 6.45) is 0. The Morgan fingerprint density at radius 3 is 2.07 bits per heavy atom. The molecular weight excluding hydrogens is 370 g/mol. The van der Waals surface area contributed by atoms with Crippen LogP contribution in [-0.2, 0) is 9.84 Å². The third-order valence-electron chi connectivity index (χ3n) is 4.51. The number of aryl methyl sites for hydroxylation is 2. The quantitative estimate of drug-likeness (QED) is 0.489. The fraction of sp³-hybridized carbons (Fsp3) is 0.0870. The van der Waals surface area contributed by atoms with Gasteiger partial charge in [-0.25, -0.2) is 13.4 Å². The smallest absolute Gasteiger partial charge is 0.239 e. The lowest BCUT2D eigenvalue weighted by Crippen LogP contribution is -2.15. The van der Waals surface area contributed by atoms with Crippen LogP contribution in [0.15, 0.2) is 98.1 Å². The second kappa shape index (κ2) is 7.09. The van der Waals surface area contributed by atoms with E-state index < -0.39 is 9.84 Å². The minimum absolute atomic E-state index is 0.0515. The van der Waals surface area contributed by atoms with E-state index >= 15 is 0 Å². The standard InChI is InChI=1S/C23H19NO3S/c1-16-7-11-19(12-8-16)24-23-22(15-18-5-3-4-6-21(18)27-23)28(25,26)20-13-9-17(2)10-14-20/h3-15H,1-2H3. The molecule has 0 spiro atoms. The monoisotopic (exact) mass is 389 g/mol. The first-order valence-corrected chi connectivity index (χ1v) is 10.4. The zero-order chi connectivity index (χ0) is 19.7. The van der Waals surface area contributed by atoms with Crippen molar-refractivity contribution in [3.63, 3.8) is 0 Å². The van der Waals surface area contributed by atoms with Gasteiger partial charge in [0.15, 0.2) is 0 Å². The number of sulfone groups is 1. The number of fused-ring (bicyclic) bond motifs is 1. The highest BCUT2D eigenvalue weighted by Gasteiger charge is 2.22. The summed E-state index contributed by atoms with van der Waals surface area (Å²) in [7, 11) is -3.79. The SMILES string of the molecule is Cc1ccc(N=c2oc3ccccc3cc2S(=O)(=O)c2ccc(C)cc2)cc1. The maximum atomic E-state index is 13.3. The first-order chi connectivity index (χ1) is 13.4. The maximum absolute atomic E-state index is 13.3. The molecule has 0 aliphatic rings. The number of benzene rings is 3. The van der Waals surface area contributed by atoms with Crippen LogP contribution in [-0.4, -0.2) is 8.42 Å². The van der Waals surface area contributed by atoms with Crippen LogP contribution < -0.4 is 5.55 Å². The van der Waals surface area contributed by atoms with Crippen molar-refractivity contribution in [3.05, 3.63) is 95.5 Å². The summed E-state index contributed by atoms with van der Waals surface area (Å²) in [5.41, 5.74) is 3.37. The zero-order valence-electron chi connectivity index (χ0n) is 15.6. The fourth-order valence-corrected chi connectivity index (χ4v) is 4.25. The van der Waals surface area contributed by atoms with E-state index in [-0.39, 0.29) is 15.3 Å². The molecule has 1 heterocycles. The van der Waals surface area contributed by atoms with E-state index in [4.69, 9.17) is 4.42 Å². The second-order valence-corrected chi connectivity index (χ2v) is 8.64. The number of para-hydroxylation sites is 1. The minimum atomic E-state index is -3.79. The zero-order valence-corrected chi connectivity index (χ0v) is 16.4. The average molecular weight is 389 g/mol. The molecule has 0 saturated heterocycles. The molecule has 4 aromatic rings. The Morgan fingerprint density at radius 1 is 0.786 bits per heavy atom. The highest BCUT2D eigenvalue weighted by Crippen LogP contribution is 2.23. The highest BCUT2D eigenvalue weighted by molar-refractivity contribution is 7.91. The van der Waals surface area contributed by atoms with Crippen LogP contribution in [0.25, 0.3) is 11.0 Å². The molecule has 0 bridgehead atoms. The van der Waals surface area contributed by atoms with Crippen LogP contribution in [0.5, 0.6) is 0 Å². The van der Waals surface area contributed by atoms with Crippen LogP contribution in [0.1, 0.15) is 11.1 Å². The molecule has 5 heteroatoms. The Bertz CT molecular complexity index is 1320. The van der Waals surface area contributed by atoms with Gasteiger partial charge in [-0.1, -0.05) is 53.6 Å². The van der Waals surface area contributed by atoms with Crippen molar-refractivity contribution in [1.29, 1.82) is 0 Å². The summed E-state index contributed by atoms with van der Waals surface area (Å²) in [5, 5.41) is 0.705. The Morgan fingerprint density at radius 2 is 1.39 bits per heavy atom. The summed E-state index contributed by atoms with van der Waals surface area (Å²) in [6, 6.07) is 23.2. The Kier molecular flexibility index (Phi) is 4.61. The molecule has 0 saturated carbocycles. The van der Waals surface area contributed by atoms with Gasteiger partial charge >= 0.3 is 0 Å². The van der Waals surface area contributed by atoms with Gasteiger partial charge in [-0.3, -0.25) is 0 Å². The van der Waals surface area contributed by atoms with Crippen LogP contribution in [0.2, 0.25) is 0 Å². The number of nitrogens with zero attached hydrogens (tertiary/aromatic N) is 1. The lowest BCUT2D eigenvalue weighted by Gasteiger charge is -2.07. The molecule has 0 N–H and O–H groups in total. The number of rotatable bonds is 3. The van der Waals surface area contributed by atoms with Gasteiger partial charge in [0, 0.05) is 5.39 Å². The minimum Gasteiger partial charge on any atom is -0.437 e. The number of hydrogen-bond acceptors (Lipinski definition) is 4. The van der Waals surface area contributed by atoms with Crippen LogP contribution in [0, 0.1) is 13.8 Å². The molecule has 0 unspecified atom stereocenters. The first-order valence-electron chi connectivity index (χ1n) is 8.89. The summed E-state index contributed by atoms with van der Waals surface area (Å²) in [4.78, 5) is 4.76. The van der Waals surface area contributed by atoms with Gasteiger partial charge in [-0.2, -0.15) is 0 Å². The van der Waals surface area contributed by atoms with Crippen molar-refractivity contribution >= 4 is 26.5 Å². The molecule has 0 fully saturated rings. The van der Waals surface area contributed by atoms with Crippen molar-refractivity contribution in [3.8, 4) is 0 Å². The molecule has 4 rings (SSSR count). The summed E-state index contributed by atoms with van der Waals surface area (Å²) >= 11 is 0. The Hall–Kier alpha value is -3.18. The summed E-state index contributed by atoms with van der Waals surface area (Å²) < 4.78 is 32.6. The van der Waals surface area contributed by atoms with Crippen molar-refractivity contribution < 1.29 is 12.8 Å². The van der Waals surface area contributed by atoms with Gasteiger partial charge in [-0.05, 0) is 50.2 Å². The van der Waals surface area contributed by atoms with Gasteiger partial charge in [0.05, 0.1) is 10.6 Å². The normalized spacial score (nSPS) is 12.4. The first kappa shape index (κ1) is 18.2. The van der Waals surface area contributed by atoms with Crippen molar-refractivity contribution in [2.45, 2.75) is 23.6 Å². The lowest BCUT2D eigenvalue weighted by atomic mass is 10.2. The molecular formula is C23H19NO3S. The topological polar surface area (TPSA) is 59.6 Å². The van der Waals surface area contributed by atoms with E-state index in [0.717, 1.165) is 11.1 Å². The van der Waals surface area contributed by atoms with Gasteiger partial charge in [0.25, 0.3) is 0 Å². The predicted molar refractivity (Wildman–Crippen MR) is 109 cm³/mol. The van der Waals surface area contributed by atoms with Crippen LogP contribution >= 0.6 is 0 Å². The highest BCUT2D eigenvalue weighted by atomic mass is 32.2. The van der Waals surface area contributed by atoms with E-state index in [9.17, 15) is 8.42 Å². The molecule has 0 radical (unpaired) electrons. The van der Waals surface area contributed by atoms with Crippen LogP contribution in [0.3, 0.4) is 0 Å². The Balaban J connectivity index is 2.00. The molecule has 28 heavy (non-hydrogen) atoms. The van der Waals surface area contributed by atoms with E-state index in [1.165, 1.54) is 0 Å². The second-order valence-electron chi connectivity index (χ2n) is 6.72. The van der Waals surface area contributed by atoms with E-state index in [1.54, 1.807) is 36.4 Å². The summed E-state index contributed by atoms with van der Waals surface area (Å²) in [5.74, 6) is 0. The van der Waals surface area contributed by atoms with Crippen molar-refractivity contribution in [1.82, 2.24) is 0 Å². The molecule has 3 aromatic carbocycles. The largest absolute Gasteiger partial charge is 0.437 e. The fourth-order valence-electron chi connectivity index (χ4n) is 2.90. The third-order valence-corrected chi connectivity index (χ3v) is 6.27. The number of hydrogen-bond donors (Lipinski definition) is 0. The molecule has 0 aliphatic heterocycles. The Labute approximate surface area is 163 Å². The van der Waals surface area contributed by atoms with Gasteiger partial charge < -0.3 is 4.42 Å². The third kappa shape index (κ3) is 3.49. The molecule has 0 aliphatic carbocycles. The van der Waals surface area contributed by atoms with Gasteiger partial charge in [-0.15, -0.1) is 0 Å². The van der Waals surface area contributed by atoms with Crippen LogP contribution in [0.4, 0.5) is 5.69 Å². The maximum Gasteiger partial charge on any atom is 0.239 e. The van der Waals surface area contributed by atoms with Gasteiger partial charge in [0.2, 0.25) is 15.4 Å². The molecule has 1 aromatic heterocycles. The lowest BCUT2D eigenvalue weighted by molar-refractivity contribution is 0.517. The predicted octanol–water partition coefficient (Wildman–Crippen LogP) is 5.11. The average Bonchev–Trinajstić information content (AvgIpc) is 2.69. The van der Waals surface area contributed by atoms with E-state index in [2.05, 4.69) is 4.99 Å².